The summed E-state index contributed by atoms with van der Waals surface area (Å²) in [6.07, 6.45) is 4.43. The Kier molecular flexibility index (Phi) is 3.19. The third-order valence-corrected chi connectivity index (χ3v) is 3.23. The van der Waals surface area contributed by atoms with Gasteiger partial charge in [-0.1, -0.05) is 6.42 Å². The van der Waals surface area contributed by atoms with Crippen molar-refractivity contribution < 1.29 is 9.84 Å². The molecule has 2 heterocycles. The van der Waals surface area contributed by atoms with E-state index in [0.717, 1.165) is 26.2 Å². The first-order valence-corrected chi connectivity index (χ1v) is 5.37. The van der Waals surface area contributed by atoms with Crippen LogP contribution in [0.25, 0.3) is 0 Å². The Morgan fingerprint density at radius 1 is 1.23 bits per heavy atom. The van der Waals surface area contributed by atoms with Crippen LogP contribution in [0.15, 0.2) is 0 Å². The molecule has 3 unspecified atom stereocenters. The maximum absolute atomic E-state index is 9.80. The molecule has 3 nitrogen and oxygen atoms in total. The van der Waals surface area contributed by atoms with Crippen LogP contribution in [-0.4, -0.2) is 37.0 Å². The Hall–Kier alpha value is -0.120. The van der Waals surface area contributed by atoms with Gasteiger partial charge in [0.25, 0.3) is 0 Å². The number of hydrogen-bond donors (Lipinski definition) is 2. The normalized spacial score (nSPS) is 41.8. The van der Waals surface area contributed by atoms with Gasteiger partial charge in [-0.3, -0.25) is 0 Å². The number of nitrogens with one attached hydrogen (secondary N) is 1. The van der Waals surface area contributed by atoms with Crippen molar-refractivity contribution in [1.82, 2.24) is 5.32 Å². The highest BCUT2D eigenvalue weighted by molar-refractivity contribution is 4.85. The molecule has 2 aliphatic heterocycles. The third-order valence-electron chi connectivity index (χ3n) is 3.23. The van der Waals surface area contributed by atoms with E-state index in [0.29, 0.717) is 12.0 Å². The SMILES string of the molecule is OC1CCOCC1C1CCCCN1. The summed E-state index contributed by atoms with van der Waals surface area (Å²) in [6, 6.07) is 0.490. The molecular formula is C10H19NO2. The fourth-order valence-corrected chi connectivity index (χ4v) is 2.38. The van der Waals surface area contributed by atoms with Gasteiger partial charge in [0.05, 0.1) is 12.7 Å². The first-order chi connectivity index (χ1) is 6.38. The van der Waals surface area contributed by atoms with E-state index in [-0.39, 0.29) is 6.10 Å². The molecular weight excluding hydrogens is 166 g/mol. The molecule has 2 fully saturated rings. The molecule has 2 saturated heterocycles. The van der Waals surface area contributed by atoms with E-state index in [1.54, 1.807) is 0 Å². The summed E-state index contributed by atoms with van der Waals surface area (Å²) in [5, 5.41) is 13.3. The van der Waals surface area contributed by atoms with Crippen LogP contribution < -0.4 is 5.32 Å². The van der Waals surface area contributed by atoms with Gasteiger partial charge in [-0.2, -0.15) is 0 Å². The molecule has 0 saturated carbocycles. The van der Waals surface area contributed by atoms with Gasteiger partial charge in [-0.15, -0.1) is 0 Å². The quantitative estimate of drug-likeness (QED) is 0.626. The lowest BCUT2D eigenvalue weighted by Crippen LogP contribution is -2.48. The Morgan fingerprint density at radius 3 is 2.85 bits per heavy atom. The van der Waals surface area contributed by atoms with Crippen molar-refractivity contribution in [2.45, 2.75) is 37.8 Å². The minimum Gasteiger partial charge on any atom is -0.393 e. The molecule has 3 heteroatoms. The van der Waals surface area contributed by atoms with Crippen molar-refractivity contribution >= 4 is 0 Å². The minimum atomic E-state index is -0.149. The topological polar surface area (TPSA) is 41.5 Å². The summed E-state index contributed by atoms with van der Waals surface area (Å²) >= 11 is 0. The average molecular weight is 185 g/mol. The second-order valence-electron chi connectivity index (χ2n) is 4.15. The number of rotatable bonds is 1. The lowest BCUT2D eigenvalue weighted by molar-refractivity contribution is -0.0519. The molecule has 2 aliphatic rings. The van der Waals surface area contributed by atoms with Gasteiger partial charge in [0.2, 0.25) is 0 Å². The summed E-state index contributed by atoms with van der Waals surface area (Å²) in [4.78, 5) is 0. The lowest BCUT2D eigenvalue weighted by Gasteiger charge is -2.36. The molecule has 13 heavy (non-hydrogen) atoms. The molecule has 2 rings (SSSR count). The zero-order chi connectivity index (χ0) is 9.10. The van der Waals surface area contributed by atoms with Gasteiger partial charge < -0.3 is 15.2 Å². The van der Waals surface area contributed by atoms with E-state index >= 15 is 0 Å². The van der Waals surface area contributed by atoms with Gasteiger partial charge in [-0.05, 0) is 25.8 Å². The van der Waals surface area contributed by atoms with Crippen LogP contribution in [0.5, 0.6) is 0 Å². The van der Waals surface area contributed by atoms with Crippen molar-refractivity contribution in [2.75, 3.05) is 19.8 Å². The Balaban J connectivity index is 1.88. The average Bonchev–Trinajstić information content (AvgIpc) is 2.20. The molecule has 3 atom stereocenters. The predicted molar refractivity (Wildman–Crippen MR) is 50.6 cm³/mol. The van der Waals surface area contributed by atoms with E-state index in [1.165, 1.54) is 19.3 Å². The fourth-order valence-electron chi connectivity index (χ4n) is 2.38. The fraction of sp³-hybridized carbons (Fsp3) is 1.00. The number of ether oxygens (including phenoxy) is 1. The molecule has 0 aromatic carbocycles. The molecule has 0 amide bonds. The van der Waals surface area contributed by atoms with E-state index in [9.17, 15) is 5.11 Å². The number of aliphatic hydroxyl groups excluding tert-OH is 1. The smallest absolute Gasteiger partial charge is 0.0627 e. The van der Waals surface area contributed by atoms with Crippen LogP contribution in [0.4, 0.5) is 0 Å². The van der Waals surface area contributed by atoms with Crippen molar-refractivity contribution in [3.05, 3.63) is 0 Å². The van der Waals surface area contributed by atoms with E-state index in [1.807, 2.05) is 0 Å². The molecule has 76 valence electrons. The summed E-state index contributed by atoms with van der Waals surface area (Å²) < 4.78 is 5.41. The van der Waals surface area contributed by atoms with Gasteiger partial charge >= 0.3 is 0 Å². The second-order valence-corrected chi connectivity index (χ2v) is 4.15. The standard InChI is InChI=1S/C10H19NO2/c12-10-4-6-13-7-8(10)9-3-1-2-5-11-9/h8-12H,1-7H2. The highest BCUT2D eigenvalue weighted by Gasteiger charge is 2.31. The maximum atomic E-state index is 9.80. The summed E-state index contributed by atoms with van der Waals surface area (Å²) in [6.45, 7) is 2.57. The van der Waals surface area contributed by atoms with E-state index < -0.39 is 0 Å². The van der Waals surface area contributed by atoms with E-state index in [4.69, 9.17) is 4.74 Å². The van der Waals surface area contributed by atoms with Crippen LogP contribution >= 0.6 is 0 Å². The predicted octanol–water partition coefficient (Wildman–Crippen LogP) is 0.526. The molecule has 0 bridgehead atoms. The minimum absolute atomic E-state index is 0.149. The van der Waals surface area contributed by atoms with Gasteiger partial charge in [-0.25, -0.2) is 0 Å². The molecule has 2 N–H and O–H groups in total. The zero-order valence-electron chi connectivity index (χ0n) is 8.04. The Labute approximate surface area is 79.5 Å². The first-order valence-electron chi connectivity index (χ1n) is 5.37. The van der Waals surface area contributed by atoms with Crippen molar-refractivity contribution in [3.8, 4) is 0 Å². The first kappa shape index (κ1) is 9.44. The number of piperidine rings is 1. The lowest BCUT2D eigenvalue weighted by atomic mass is 9.86. The largest absolute Gasteiger partial charge is 0.393 e. The number of aliphatic hydroxyl groups is 1. The molecule has 0 radical (unpaired) electrons. The van der Waals surface area contributed by atoms with Crippen LogP contribution in [0.2, 0.25) is 0 Å². The summed E-state index contributed by atoms with van der Waals surface area (Å²) in [5.41, 5.74) is 0. The van der Waals surface area contributed by atoms with Crippen LogP contribution in [0.1, 0.15) is 25.7 Å². The van der Waals surface area contributed by atoms with Gasteiger partial charge in [0.15, 0.2) is 0 Å². The van der Waals surface area contributed by atoms with Crippen LogP contribution in [0.3, 0.4) is 0 Å². The van der Waals surface area contributed by atoms with Gasteiger partial charge in [0, 0.05) is 18.6 Å². The monoisotopic (exact) mass is 185 g/mol. The molecule has 0 aromatic heterocycles. The van der Waals surface area contributed by atoms with Crippen LogP contribution in [0, 0.1) is 5.92 Å². The molecule has 0 spiro atoms. The Morgan fingerprint density at radius 2 is 2.15 bits per heavy atom. The number of hydrogen-bond acceptors (Lipinski definition) is 3. The molecule has 0 aliphatic carbocycles. The second kappa shape index (κ2) is 4.40. The maximum Gasteiger partial charge on any atom is 0.0627 e. The zero-order valence-corrected chi connectivity index (χ0v) is 8.04. The third kappa shape index (κ3) is 2.22. The summed E-state index contributed by atoms with van der Waals surface area (Å²) in [7, 11) is 0. The van der Waals surface area contributed by atoms with Crippen LogP contribution in [-0.2, 0) is 4.74 Å². The van der Waals surface area contributed by atoms with Crippen molar-refractivity contribution in [2.24, 2.45) is 5.92 Å². The van der Waals surface area contributed by atoms with E-state index in [2.05, 4.69) is 5.32 Å². The highest BCUT2D eigenvalue weighted by Crippen LogP contribution is 2.23. The highest BCUT2D eigenvalue weighted by atomic mass is 16.5. The molecule has 0 aromatic rings. The van der Waals surface area contributed by atoms with Crippen molar-refractivity contribution in [1.29, 1.82) is 0 Å². The van der Waals surface area contributed by atoms with Gasteiger partial charge in [0.1, 0.15) is 0 Å². The van der Waals surface area contributed by atoms with Crippen molar-refractivity contribution in [3.63, 3.8) is 0 Å². The summed E-state index contributed by atoms with van der Waals surface area (Å²) in [5.74, 6) is 0.328. The Bertz CT molecular complexity index is 157.